The summed E-state index contributed by atoms with van der Waals surface area (Å²) >= 11 is 0. The van der Waals surface area contributed by atoms with Gasteiger partial charge in [0.1, 0.15) is 19.4 Å². The Balaban J connectivity index is 1.21. The molecule has 0 fully saturated rings. The molecule has 9 rings (SSSR count). The van der Waals surface area contributed by atoms with Crippen LogP contribution in [0.15, 0.2) is 180 Å². The van der Waals surface area contributed by atoms with Gasteiger partial charge in [0, 0.05) is 33.0 Å². The van der Waals surface area contributed by atoms with Crippen LogP contribution < -0.4 is 14.6 Å². The van der Waals surface area contributed by atoms with Gasteiger partial charge in [0.05, 0.1) is 11.4 Å². The molecule has 0 amide bonds. The van der Waals surface area contributed by atoms with Crippen molar-refractivity contribution in [2.45, 2.75) is 0 Å². The monoisotopic (exact) mass is 608 g/mol. The summed E-state index contributed by atoms with van der Waals surface area (Å²) in [6.45, 7) is 0. The average Bonchev–Trinajstić information content (AvgIpc) is 3.69. The Hall–Kier alpha value is -5.63. The summed E-state index contributed by atoms with van der Waals surface area (Å²) in [7, 11) is -0.946. The second-order valence-electron chi connectivity index (χ2n) is 11.5. The van der Waals surface area contributed by atoms with Crippen molar-refractivity contribution in [3.8, 4) is 22.3 Å². The zero-order chi connectivity index (χ0) is 30.5. The lowest BCUT2D eigenvalue weighted by atomic mass is 9.97. The fraction of sp³-hybridized carbons (Fsp3) is 0. The highest BCUT2D eigenvalue weighted by Gasteiger charge is 2.39. The summed E-state index contributed by atoms with van der Waals surface area (Å²) in [5.41, 5.74) is 11.2. The summed E-state index contributed by atoms with van der Waals surface area (Å²) in [6.07, 6.45) is 0. The van der Waals surface area contributed by atoms with Crippen molar-refractivity contribution in [3.05, 3.63) is 176 Å². The van der Waals surface area contributed by atoms with E-state index in [1.165, 1.54) is 39.2 Å². The maximum Gasteiger partial charge on any atom is 0.143 e. The number of anilines is 4. The smallest absolute Gasteiger partial charge is 0.143 e. The Kier molecular flexibility index (Phi) is 6.43. The minimum atomic E-state index is -0.946. The van der Waals surface area contributed by atoms with Crippen LogP contribution in [0.25, 0.3) is 44.2 Å². The Morgan fingerprint density at radius 1 is 0.413 bits per heavy atom. The van der Waals surface area contributed by atoms with Crippen molar-refractivity contribution < 1.29 is 4.42 Å². The van der Waals surface area contributed by atoms with Crippen LogP contribution in [0, 0.1) is 0 Å². The van der Waals surface area contributed by atoms with Crippen LogP contribution in [0.3, 0.4) is 0 Å². The molecular weight excluding hydrogens is 579 g/mol. The Labute approximate surface area is 269 Å². The molecule has 1 atom stereocenters. The molecule has 1 aliphatic heterocycles. The number of rotatable bonds is 5. The number of hydrogen-bond acceptors (Lipinski definition) is 3. The lowest BCUT2D eigenvalue weighted by molar-refractivity contribution is 0.670. The Bertz CT molecular complexity index is 2330. The molecule has 0 radical (unpaired) electrons. The quantitative estimate of drug-likeness (QED) is 0.181. The molecule has 0 spiro atoms. The molecule has 1 unspecified atom stereocenters. The van der Waals surface area contributed by atoms with Gasteiger partial charge in [0.2, 0.25) is 0 Å². The molecule has 46 heavy (non-hydrogen) atoms. The molecule has 1 aliphatic rings. The molecule has 218 valence electrons. The van der Waals surface area contributed by atoms with E-state index in [9.17, 15) is 0 Å². The molecule has 4 heteroatoms. The van der Waals surface area contributed by atoms with Crippen LogP contribution in [0.5, 0.6) is 0 Å². The van der Waals surface area contributed by atoms with E-state index in [-0.39, 0.29) is 0 Å². The lowest BCUT2D eigenvalue weighted by Gasteiger charge is -2.32. The van der Waals surface area contributed by atoms with Gasteiger partial charge in [0.15, 0.2) is 0 Å². The van der Waals surface area contributed by atoms with Crippen molar-refractivity contribution in [1.82, 2.24) is 0 Å². The SMILES string of the molecule is c1ccc(N2c3ccc(-c4cccc(-c5cccc6c5oc5ccccc56)c4)cc3N(c3ccccc3)P2c2ccccc2)cc1. The van der Waals surface area contributed by atoms with Gasteiger partial charge in [0.25, 0.3) is 0 Å². The summed E-state index contributed by atoms with van der Waals surface area (Å²) in [5.74, 6) is 0. The maximum absolute atomic E-state index is 6.40. The number of furan rings is 1. The summed E-state index contributed by atoms with van der Waals surface area (Å²) in [4.78, 5) is 0. The van der Waals surface area contributed by atoms with Crippen molar-refractivity contribution in [2.24, 2.45) is 0 Å². The van der Waals surface area contributed by atoms with Gasteiger partial charge in [-0.15, -0.1) is 0 Å². The molecule has 1 aromatic heterocycles. The van der Waals surface area contributed by atoms with Gasteiger partial charge in [-0.25, -0.2) is 0 Å². The number of hydrogen-bond donors (Lipinski definition) is 0. The first-order chi connectivity index (χ1) is 22.8. The Morgan fingerprint density at radius 3 is 1.76 bits per heavy atom. The maximum atomic E-state index is 6.40. The largest absolute Gasteiger partial charge is 0.455 e. The van der Waals surface area contributed by atoms with E-state index in [0.717, 1.165) is 33.1 Å². The van der Waals surface area contributed by atoms with Crippen LogP contribution in [0.4, 0.5) is 22.7 Å². The van der Waals surface area contributed by atoms with Gasteiger partial charge in [-0.05, 0) is 65.2 Å². The van der Waals surface area contributed by atoms with Crippen molar-refractivity contribution >= 4 is 58.2 Å². The normalized spacial score (nSPS) is 14.2. The summed E-state index contributed by atoms with van der Waals surface area (Å²) in [6, 6.07) is 62.9. The molecule has 7 aromatic carbocycles. The molecule has 2 heterocycles. The Morgan fingerprint density at radius 2 is 1.00 bits per heavy atom. The molecule has 0 bridgehead atoms. The lowest BCUT2D eigenvalue weighted by Crippen LogP contribution is -2.21. The van der Waals surface area contributed by atoms with E-state index in [4.69, 9.17) is 4.42 Å². The van der Waals surface area contributed by atoms with E-state index in [2.05, 4.69) is 173 Å². The van der Waals surface area contributed by atoms with E-state index in [0.29, 0.717) is 0 Å². The van der Waals surface area contributed by atoms with E-state index >= 15 is 0 Å². The minimum absolute atomic E-state index is 0.915. The molecular formula is C42H29N2OP. The van der Waals surface area contributed by atoms with E-state index in [1.54, 1.807) is 0 Å². The highest BCUT2D eigenvalue weighted by atomic mass is 31.1. The first-order valence-electron chi connectivity index (χ1n) is 15.5. The summed E-state index contributed by atoms with van der Waals surface area (Å²) in [5, 5.41) is 3.58. The van der Waals surface area contributed by atoms with Crippen molar-refractivity contribution in [3.63, 3.8) is 0 Å². The predicted octanol–water partition coefficient (Wildman–Crippen LogP) is 11.8. The van der Waals surface area contributed by atoms with Gasteiger partial charge in [-0.3, -0.25) is 9.34 Å². The van der Waals surface area contributed by atoms with Gasteiger partial charge < -0.3 is 4.42 Å². The highest BCUT2D eigenvalue weighted by molar-refractivity contribution is 7.70. The van der Waals surface area contributed by atoms with Crippen molar-refractivity contribution in [2.75, 3.05) is 9.34 Å². The molecule has 3 nitrogen and oxygen atoms in total. The van der Waals surface area contributed by atoms with Crippen molar-refractivity contribution in [1.29, 1.82) is 0 Å². The third-order valence-electron chi connectivity index (χ3n) is 8.71. The molecule has 0 saturated carbocycles. The molecule has 8 aromatic rings. The van der Waals surface area contributed by atoms with Gasteiger partial charge in [-0.2, -0.15) is 0 Å². The number of para-hydroxylation sites is 4. The topological polar surface area (TPSA) is 19.6 Å². The van der Waals surface area contributed by atoms with E-state index < -0.39 is 8.22 Å². The zero-order valence-electron chi connectivity index (χ0n) is 25.0. The zero-order valence-corrected chi connectivity index (χ0v) is 25.9. The van der Waals surface area contributed by atoms with Crippen LogP contribution >= 0.6 is 8.22 Å². The van der Waals surface area contributed by atoms with Gasteiger partial charge >= 0.3 is 0 Å². The third kappa shape index (κ3) is 4.40. The van der Waals surface area contributed by atoms with Crippen LogP contribution in [0.2, 0.25) is 0 Å². The first kappa shape index (κ1) is 26.7. The average molecular weight is 609 g/mol. The summed E-state index contributed by atoms with van der Waals surface area (Å²) < 4.78 is 11.5. The van der Waals surface area contributed by atoms with E-state index in [1.807, 2.05) is 12.1 Å². The fourth-order valence-corrected chi connectivity index (χ4v) is 9.13. The molecule has 0 aliphatic carbocycles. The van der Waals surface area contributed by atoms with Crippen LogP contribution in [-0.2, 0) is 0 Å². The second kappa shape index (κ2) is 11.1. The molecule has 0 saturated heterocycles. The number of benzene rings is 7. The van der Waals surface area contributed by atoms with Crippen LogP contribution in [0.1, 0.15) is 0 Å². The van der Waals surface area contributed by atoms with Crippen LogP contribution in [-0.4, -0.2) is 0 Å². The number of nitrogens with zero attached hydrogens (tertiary/aromatic N) is 2. The fourth-order valence-electron chi connectivity index (χ4n) is 6.61. The third-order valence-corrected chi connectivity index (χ3v) is 11.1. The number of fused-ring (bicyclic) bond motifs is 4. The second-order valence-corrected chi connectivity index (χ2v) is 13.4. The highest BCUT2D eigenvalue weighted by Crippen LogP contribution is 2.65. The predicted molar refractivity (Wildman–Crippen MR) is 195 cm³/mol. The van der Waals surface area contributed by atoms with Gasteiger partial charge in [-0.1, -0.05) is 127 Å². The standard InChI is InChI=1S/C42H29N2OP/c1-4-16-33(17-5-1)43-39-27-26-31(29-40(39)44(34-18-6-2-7-19-34)46(43)35-20-8-3-9-21-35)30-14-12-15-32(28-30)36-23-13-24-38-37-22-10-11-25-41(37)45-42(36)38/h1-29H. The minimum Gasteiger partial charge on any atom is -0.455 e. The first-order valence-corrected chi connectivity index (χ1v) is 16.8. The molecule has 0 N–H and O–H groups in total.